The number of nitrogens with zero attached hydrogens (tertiary/aromatic N) is 7. The summed E-state index contributed by atoms with van der Waals surface area (Å²) in [5.74, 6) is 0.794. The van der Waals surface area contributed by atoms with Crippen molar-refractivity contribution in [2.75, 3.05) is 56.2 Å². The Labute approximate surface area is 275 Å². The lowest BCUT2D eigenvalue weighted by atomic mass is 9.83. The molecule has 3 aromatic carbocycles. The fourth-order valence-electron chi connectivity index (χ4n) is 7.71. The Morgan fingerprint density at radius 3 is 2.60 bits per heavy atom. The summed E-state index contributed by atoms with van der Waals surface area (Å²) in [5, 5.41) is 22.8. The highest BCUT2D eigenvalue weighted by atomic mass is 16.5. The van der Waals surface area contributed by atoms with Crippen LogP contribution < -0.4 is 14.5 Å². The summed E-state index contributed by atoms with van der Waals surface area (Å²) in [6, 6.07) is 27.7. The van der Waals surface area contributed by atoms with E-state index in [1.165, 1.54) is 21.4 Å². The number of nitriles is 1. The Morgan fingerprint density at radius 1 is 1.00 bits per heavy atom. The molecule has 4 heterocycles. The van der Waals surface area contributed by atoms with E-state index in [1.807, 2.05) is 30.3 Å². The highest BCUT2D eigenvalue weighted by Crippen LogP contribution is 2.37. The second-order valence-electron chi connectivity index (χ2n) is 13.1. The summed E-state index contributed by atoms with van der Waals surface area (Å²) < 4.78 is 6.36. The van der Waals surface area contributed by atoms with E-state index in [2.05, 4.69) is 70.3 Å². The van der Waals surface area contributed by atoms with Gasteiger partial charge in [0, 0.05) is 48.9 Å². The predicted octanol–water partition coefficient (Wildman–Crippen LogP) is 5.36. The molecule has 10 heteroatoms. The van der Waals surface area contributed by atoms with Gasteiger partial charge in [-0.05, 0) is 56.3 Å². The van der Waals surface area contributed by atoms with Gasteiger partial charge in [-0.25, -0.2) is 4.79 Å². The number of carbonyl (C=O) groups is 1. The summed E-state index contributed by atoms with van der Waals surface area (Å²) in [4.78, 5) is 31.0. The Balaban J connectivity index is 1.26. The first-order valence-electron chi connectivity index (χ1n) is 16.6. The number of piperazine rings is 1. The molecule has 2 saturated heterocycles. The summed E-state index contributed by atoms with van der Waals surface area (Å²) in [6.07, 6.45) is 2.47. The number of fused-ring (bicyclic) bond motifs is 2. The van der Waals surface area contributed by atoms with E-state index in [9.17, 15) is 15.2 Å². The number of carboxylic acid groups (broad SMARTS) is 1. The predicted molar refractivity (Wildman–Crippen MR) is 182 cm³/mol. The lowest BCUT2D eigenvalue weighted by Crippen LogP contribution is -2.65. The number of likely N-dealkylation sites (tertiary alicyclic amines) is 1. The third kappa shape index (κ3) is 6.15. The van der Waals surface area contributed by atoms with E-state index in [0.29, 0.717) is 44.7 Å². The van der Waals surface area contributed by atoms with Crippen LogP contribution in [0.2, 0.25) is 0 Å². The molecule has 1 amide bonds. The van der Waals surface area contributed by atoms with Crippen molar-refractivity contribution in [3.8, 4) is 12.1 Å². The van der Waals surface area contributed by atoms with Crippen LogP contribution >= 0.6 is 0 Å². The Hall–Kier alpha value is -4.88. The van der Waals surface area contributed by atoms with Crippen molar-refractivity contribution in [2.45, 2.75) is 50.2 Å². The minimum absolute atomic E-state index is 0.0736. The Morgan fingerprint density at radius 2 is 1.81 bits per heavy atom. The third-order valence-corrected chi connectivity index (χ3v) is 10.2. The second-order valence-corrected chi connectivity index (χ2v) is 13.1. The summed E-state index contributed by atoms with van der Waals surface area (Å²) in [5.41, 5.74) is 3.24. The van der Waals surface area contributed by atoms with Crippen LogP contribution in [0.25, 0.3) is 10.8 Å². The molecule has 7 rings (SSSR count). The molecule has 10 nitrogen and oxygen atoms in total. The number of hydrogen-bond acceptors (Lipinski definition) is 8. The molecule has 0 radical (unpaired) electrons. The molecule has 0 saturated carbocycles. The number of aromatic nitrogens is 2. The van der Waals surface area contributed by atoms with Crippen LogP contribution in [0.3, 0.4) is 0 Å². The molecule has 242 valence electrons. The minimum atomic E-state index is -1.00. The van der Waals surface area contributed by atoms with Gasteiger partial charge in [-0.3, -0.25) is 4.90 Å². The van der Waals surface area contributed by atoms with Crippen LogP contribution in [0, 0.1) is 11.3 Å². The maximum absolute atomic E-state index is 12.6. The van der Waals surface area contributed by atoms with Crippen molar-refractivity contribution < 1.29 is 14.6 Å². The van der Waals surface area contributed by atoms with Crippen LogP contribution in [0.4, 0.5) is 16.3 Å². The first-order valence-corrected chi connectivity index (χ1v) is 16.6. The van der Waals surface area contributed by atoms with Gasteiger partial charge in [0.05, 0.1) is 30.3 Å². The zero-order chi connectivity index (χ0) is 32.4. The van der Waals surface area contributed by atoms with Gasteiger partial charge in [-0.1, -0.05) is 66.7 Å². The number of rotatable bonds is 8. The van der Waals surface area contributed by atoms with Crippen LogP contribution in [-0.2, 0) is 19.4 Å². The van der Waals surface area contributed by atoms with Gasteiger partial charge in [-0.15, -0.1) is 0 Å². The highest BCUT2D eigenvalue weighted by molar-refractivity contribution is 5.94. The smallest absolute Gasteiger partial charge is 0.407 e. The molecule has 3 aliphatic rings. The maximum atomic E-state index is 12.6. The Kier molecular flexibility index (Phi) is 8.56. The molecule has 1 aromatic heterocycles. The number of ether oxygens (including phenoxy) is 1. The first-order chi connectivity index (χ1) is 22.9. The van der Waals surface area contributed by atoms with Crippen molar-refractivity contribution in [1.82, 2.24) is 19.8 Å². The van der Waals surface area contributed by atoms with Gasteiger partial charge in [0.1, 0.15) is 12.4 Å². The van der Waals surface area contributed by atoms with Crippen LogP contribution in [-0.4, -0.2) is 88.9 Å². The molecule has 2 unspecified atom stereocenters. The fourth-order valence-corrected chi connectivity index (χ4v) is 7.71. The normalized spacial score (nSPS) is 21.4. The van der Waals surface area contributed by atoms with Crippen molar-refractivity contribution >= 4 is 28.4 Å². The number of anilines is 2. The highest BCUT2D eigenvalue weighted by Gasteiger charge is 2.46. The zero-order valence-corrected chi connectivity index (χ0v) is 26.9. The molecular weight excluding hydrogens is 590 g/mol. The van der Waals surface area contributed by atoms with Crippen molar-refractivity contribution in [3.63, 3.8) is 0 Å². The quantitative estimate of drug-likeness (QED) is 0.275. The van der Waals surface area contributed by atoms with Crippen molar-refractivity contribution in [1.29, 1.82) is 5.26 Å². The standard InChI is InChI=1S/C37H41N7O3/c1-41-19-8-13-29(41)25-47-35-39-32-24-42(33-15-7-12-28-11-5-6-14-30(28)33)20-16-31(32)34(40-35)43-21-22-44(36(45)46)37(26-43,17-18-38)23-27-9-3-2-4-10-27/h2-7,9-12,14-15,29H,8,13,16-17,19-26H2,1H3,(H,45,46). The maximum Gasteiger partial charge on any atom is 0.407 e. The Bertz CT molecular complexity index is 1790. The lowest BCUT2D eigenvalue weighted by molar-refractivity contribution is 0.0668. The topological polar surface area (TPSA) is 109 Å². The second kappa shape index (κ2) is 13.1. The molecule has 4 aromatic rings. The monoisotopic (exact) mass is 631 g/mol. The van der Waals surface area contributed by atoms with Crippen LogP contribution in [0.5, 0.6) is 6.01 Å². The van der Waals surface area contributed by atoms with E-state index in [1.54, 1.807) is 0 Å². The van der Waals surface area contributed by atoms with E-state index in [4.69, 9.17) is 14.7 Å². The van der Waals surface area contributed by atoms with E-state index in [0.717, 1.165) is 55.0 Å². The van der Waals surface area contributed by atoms with Crippen LogP contribution in [0.15, 0.2) is 72.8 Å². The average molecular weight is 632 g/mol. The van der Waals surface area contributed by atoms with E-state index in [-0.39, 0.29) is 13.0 Å². The minimum Gasteiger partial charge on any atom is -0.465 e. The zero-order valence-electron chi connectivity index (χ0n) is 26.9. The average Bonchev–Trinajstić information content (AvgIpc) is 3.51. The summed E-state index contributed by atoms with van der Waals surface area (Å²) >= 11 is 0. The summed E-state index contributed by atoms with van der Waals surface area (Å²) in [7, 11) is 2.13. The van der Waals surface area contributed by atoms with Crippen molar-refractivity contribution in [3.05, 3.63) is 89.6 Å². The van der Waals surface area contributed by atoms with Gasteiger partial charge in [0.25, 0.3) is 0 Å². The lowest BCUT2D eigenvalue weighted by Gasteiger charge is -2.49. The first kappa shape index (κ1) is 30.8. The van der Waals surface area contributed by atoms with E-state index >= 15 is 0 Å². The van der Waals surface area contributed by atoms with Gasteiger partial charge in [0.15, 0.2) is 0 Å². The molecule has 47 heavy (non-hydrogen) atoms. The number of hydrogen-bond donors (Lipinski definition) is 1. The fraction of sp³-hybridized carbons (Fsp3) is 0.405. The van der Waals surface area contributed by atoms with Crippen LogP contribution in [0.1, 0.15) is 36.1 Å². The van der Waals surface area contributed by atoms with Gasteiger partial charge in [-0.2, -0.15) is 15.2 Å². The molecule has 2 atom stereocenters. The molecule has 0 aliphatic carbocycles. The van der Waals surface area contributed by atoms with E-state index < -0.39 is 11.6 Å². The third-order valence-electron chi connectivity index (χ3n) is 10.2. The molecule has 3 aliphatic heterocycles. The van der Waals surface area contributed by atoms with Gasteiger partial charge in [0.2, 0.25) is 0 Å². The van der Waals surface area contributed by atoms with Gasteiger partial charge >= 0.3 is 12.1 Å². The molecule has 1 N–H and O–H groups in total. The molecule has 0 spiro atoms. The van der Waals surface area contributed by atoms with Gasteiger partial charge < -0.3 is 24.5 Å². The molecule has 0 bridgehead atoms. The summed E-state index contributed by atoms with van der Waals surface area (Å²) in [6.45, 7) is 4.07. The SMILES string of the molecule is CN1CCCC1COc1nc2c(c(N3CCN(C(=O)O)C(CC#N)(Cc4ccccc4)C3)n1)CCN(c1cccc3ccccc13)C2. The number of likely N-dealkylation sites (N-methyl/N-ethyl adjacent to an activating group) is 1. The molecule has 2 fully saturated rings. The van der Waals surface area contributed by atoms with Crippen molar-refractivity contribution in [2.24, 2.45) is 0 Å². The number of benzene rings is 3. The molecular formula is C37H41N7O3. The largest absolute Gasteiger partial charge is 0.465 e. The number of amides is 1.